The summed E-state index contributed by atoms with van der Waals surface area (Å²) in [6, 6.07) is 0.290. The van der Waals surface area contributed by atoms with Crippen LogP contribution in [0.3, 0.4) is 0 Å². The van der Waals surface area contributed by atoms with Gasteiger partial charge >= 0.3 is 6.03 Å². The summed E-state index contributed by atoms with van der Waals surface area (Å²) in [7, 11) is 0. The molecule has 2 amide bonds. The molecule has 1 unspecified atom stereocenters. The maximum atomic E-state index is 12.0. The summed E-state index contributed by atoms with van der Waals surface area (Å²) < 4.78 is 2.71. The van der Waals surface area contributed by atoms with E-state index in [1.54, 1.807) is 0 Å². The molecule has 0 radical (unpaired) electrons. The molecule has 0 saturated carbocycles. The lowest BCUT2D eigenvalue weighted by Crippen LogP contribution is -2.45. The van der Waals surface area contributed by atoms with Gasteiger partial charge in [0.1, 0.15) is 5.82 Å². The minimum absolute atomic E-state index is 0.0161. The molecule has 1 aromatic heterocycles. The third-order valence-corrected chi connectivity index (χ3v) is 3.94. The first-order chi connectivity index (χ1) is 9.54. The molecule has 0 aromatic carbocycles. The van der Waals surface area contributed by atoms with Gasteiger partial charge in [0.25, 0.3) is 0 Å². The van der Waals surface area contributed by atoms with E-state index in [4.69, 9.17) is 12.2 Å². The molecular formula is C13H23N5OS. The molecule has 1 fully saturated rings. The molecule has 112 valence electrons. The van der Waals surface area contributed by atoms with Crippen LogP contribution in [0.15, 0.2) is 0 Å². The fraction of sp³-hybridized carbons (Fsp3) is 0.769. The molecule has 1 aliphatic heterocycles. The summed E-state index contributed by atoms with van der Waals surface area (Å²) in [5.41, 5.74) is 0. The van der Waals surface area contributed by atoms with Crippen molar-refractivity contribution in [2.45, 2.75) is 45.6 Å². The van der Waals surface area contributed by atoms with Crippen molar-refractivity contribution < 1.29 is 4.79 Å². The summed E-state index contributed by atoms with van der Waals surface area (Å²) in [4.78, 5) is 13.8. The molecule has 0 aliphatic carbocycles. The fourth-order valence-electron chi connectivity index (χ4n) is 2.74. The third kappa shape index (κ3) is 3.03. The number of hydrogen-bond acceptors (Lipinski definition) is 3. The van der Waals surface area contributed by atoms with E-state index in [1.165, 1.54) is 0 Å². The molecule has 7 heteroatoms. The number of hydrogen-bond donors (Lipinski definition) is 2. The average molecular weight is 297 g/mol. The number of carbonyl (C=O) groups is 1. The number of nitrogens with one attached hydrogen (secondary N) is 2. The molecule has 1 atom stereocenters. The van der Waals surface area contributed by atoms with Crippen molar-refractivity contribution >= 4 is 18.2 Å². The van der Waals surface area contributed by atoms with E-state index in [1.807, 2.05) is 11.8 Å². The van der Waals surface area contributed by atoms with E-state index in [9.17, 15) is 4.79 Å². The molecule has 1 saturated heterocycles. The molecule has 2 heterocycles. The number of rotatable bonds is 3. The van der Waals surface area contributed by atoms with Crippen molar-refractivity contribution in [2.24, 2.45) is 0 Å². The molecule has 20 heavy (non-hydrogen) atoms. The molecule has 2 rings (SSSR count). The van der Waals surface area contributed by atoms with Crippen LogP contribution in [0.25, 0.3) is 0 Å². The van der Waals surface area contributed by atoms with Gasteiger partial charge < -0.3 is 14.8 Å². The minimum atomic E-state index is 0.0161. The Morgan fingerprint density at radius 3 is 3.00 bits per heavy atom. The summed E-state index contributed by atoms with van der Waals surface area (Å²) in [5, 5.41) is 10.1. The molecule has 1 aliphatic rings. The average Bonchev–Trinajstić information content (AvgIpc) is 2.81. The first kappa shape index (κ1) is 15.0. The Balaban J connectivity index is 2.17. The second-order valence-electron chi connectivity index (χ2n) is 5.47. The van der Waals surface area contributed by atoms with Gasteiger partial charge in [-0.2, -0.15) is 5.10 Å². The number of H-pyrrole nitrogens is 1. The zero-order valence-corrected chi connectivity index (χ0v) is 13.2. The Bertz CT molecular complexity index is 521. The Labute approximate surface area is 124 Å². The molecular weight excluding hydrogens is 274 g/mol. The van der Waals surface area contributed by atoms with Crippen LogP contribution >= 0.6 is 12.2 Å². The largest absolute Gasteiger partial charge is 0.338 e. The number of likely N-dealkylation sites (tertiary alicyclic amines) is 1. The normalized spacial score (nSPS) is 19.4. The Morgan fingerprint density at radius 2 is 2.35 bits per heavy atom. The topological polar surface area (TPSA) is 66.0 Å². The van der Waals surface area contributed by atoms with Gasteiger partial charge in [0.15, 0.2) is 4.77 Å². The van der Waals surface area contributed by atoms with E-state index >= 15 is 0 Å². The lowest BCUT2D eigenvalue weighted by molar-refractivity contribution is 0.178. The highest BCUT2D eigenvalue weighted by atomic mass is 32.1. The summed E-state index contributed by atoms with van der Waals surface area (Å²) in [6.07, 6.45) is 2.04. The Kier molecular flexibility index (Phi) is 4.80. The number of aromatic amines is 1. The molecule has 2 N–H and O–H groups in total. The van der Waals surface area contributed by atoms with Crippen molar-refractivity contribution in [2.75, 3.05) is 19.6 Å². The summed E-state index contributed by atoms with van der Waals surface area (Å²) in [6.45, 7) is 8.31. The first-order valence-electron chi connectivity index (χ1n) is 7.24. The number of amides is 2. The second kappa shape index (κ2) is 6.39. The van der Waals surface area contributed by atoms with E-state index in [2.05, 4.69) is 33.9 Å². The predicted octanol–water partition coefficient (Wildman–Crippen LogP) is 2.43. The van der Waals surface area contributed by atoms with Crippen molar-refractivity contribution in [3.63, 3.8) is 0 Å². The van der Waals surface area contributed by atoms with Gasteiger partial charge in [-0.25, -0.2) is 4.79 Å². The lowest BCUT2D eigenvalue weighted by atomic mass is 9.97. The lowest BCUT2D eigenvalue weighted by Gasteiger charge is -2.32. The van der Waals surface area contributed by atoms with Gasteiger partial charge in [-0.15, -0.1) is 0 Å². The Hall–Kier alpha value is -1.37. The van der Waals surface area contributed by atoms with Crippen molar-refractivity contribution in [3.05, 3.63) is 10.6 Å². The van der Waals surface area contributed by atoms with E-state index in [0.717, 1.165) is 25.2 Å². The van der Waals surface area contributed by atoms with Gasteiger partial charge in [0, 0.05) is 31.6 Å². The van der Waals surface area contributed by atoms with E-state index < -0.39 is 0 Å². The smallest absolute Gasteiger partial charge is 0.317 e. The van der Waals surface area contributed by atoms with Crippen LogP contribution in [0.4, 0.5) is 4.79 Å². The van der Waals surface area contributed by atoms with Gasteiger partial charge in [-0.05, 0) is 45.8 Å². The van der Waals surface area contributed by atoms with Crippen LogP contribution in [-0.2, 0) is 0 Å². The van der Waals surface area contributed by atoms with Crippen molar-refractivity contribution in [3.8, 4) is 0 Å². The quantitative estimate of drug-likeness (QED) is 0.842. The highest BCUT2D eigenvalue weighted by Gasteiger charge is 2.28. The number of urea groups is 1. The number of aromatic nitrogens is 3. The van der Waals surface area contributed by atoms with Gasteiger partial charge in [-0.3, -0.25) is 5.10 Å². The number of piperidine rings is 1. The van der Waals surface area contributed by atoms with Crippen LogP contribution in [0.1, 0.15) is 51.4 Å². The number of carbonyl (C=O) groups excluding carboxylic acids is 1. The van der Waals surface area contributed by atoms with Crippen molar-refractivity contribution in [1.82, 2.24) is 25.0 Å². The standard InChI is InChI=1S/C13H23N5OS/c1-4-14-12(19)17-7-5-6-10(8-17)11-15-16-13(20)18(11)9(2)3/h9-10H,4-8H2,1-3H3,(H,14,19)(H,16,20). The van der Waals surface area contributed by atoms with Gasteiger partial charge in [0.05, 0.1) is 0 Å². The third-order valence-electron chi connectivity index (χ3n) is 3.65. The molecule has 1 aromatic rings. The second-order valence-corrected chi connectivity index (χ2v) is 5.86. The van der Waals surface area contributed by atoms with E-state index in [0.29, 0.717) is 17.9 Å². The van der Waals surface area contributed by atoms with Crippen molar-refractivity contribution in [1.29, 1.82) is 0 Å². The van der Waals surface area contributed by atoms with Gasteiger partial charge in [0.2, 0.25) is 0 Å². The monoisotopic (exact) mass is 297 g/mol. The van der Waals surface area contributed by atoms with Crippen LogP contribution < -0.4 is 5.32 Å². The first-order valence-corrected chi connectivity index (χ1v) is 7.65. The fourth-order valence-corrected chi connectivity index (χ4v) is 3.09. The highest BCUT2D eigenvalue weighted by molar-refractivity contribution is 7.71. The minimum Gasteiger partial charge on any atom is -0.338 e. The molecule has 0 bridgehead atoms. The zero-order valence-electron chi connectivity index (χ0n) is 12.3. The summed E-state index contributed by atoms with van der Waals surface area (Å²) in [5.74, 6) is 1.22. The zero-order chi connectivity index (χ0) is 14.7. The van der Waals surface area contributed by atoms with Gasteiger partial charge in [-0.1, -0.05) is 0 Å². The molecule has 0 spiro atoms. The maximum Gasteiger partial charge on any atom is 0.317 e. The predicted molar refractivity (Wildman–Crippen MR) is 80.4 cm³/mol. The molecule has 6 nitrogen and oxygen atoms in total. The SMILES string of the molecule is CCNC(=O)N1CCCC(c2n[nH]c(=S)n2C(C)C)C1. The van der Waals surface area contributed by atoms with Crippen LogP contribution in [0, 0.1) is 4.77 Å². The summed E-state index contributed by atoms with van der Waals surface area (Å²) >= 11 is 5.29. The van der Waals surface area contributed by atoms with Crippen LogP contribution in [-0.4, -0.2) is 45.3 Å². The Morgan fingerprint density at radius 1 is 1.60 bits per heavy atom. The van der Waals surface area contributed by atoms with Crippen LogP contribution in [0.5, 0.6) is 0 Å². The van der Waals surface area contributed by atoms with E-state index in [-0.39, 0.29) is 18.0 Å². The van der Waals surface area contributed by atoms with Crippen LogP contribution in [0.2, 0.25) is 0 Å². The highest BCUT2D eigenvalue weighted by Crippen LogP contribution is 2.27. The number of nitrogens with zero attached hydrogens (tertiary/aromatic N) is 3. The maximum absolute atomic E-state index is 12.0.